The van der Waals surface area contributed by atoms with Crippen LogP contribution in [0.2, 0.25) is 0 Å². The maximum atomic E-state index is 11.5. The summed E-state index contributed by atoms with van der Waals surface area (Å²) in [5.74, 6) is 1.21. The molecule has 1 heterocycles. The van der Waals surface area contributed by atoms with E-state index in [0.717, 1.165) is 25.0 Å². The summed E-state index contributed by atoms with van der Waals surface area (Å²) < 4.78 is 5.18. The molecule has 102 valence electrons. The standard InChI is InChI=1S/C13H23N3O2/c1-5-6-7-8-14-12(17)15-11-9-10(18-16-11)13(2,3)4/h9H,5-8H2,1-4H3,(H2,14,15,16,17). The van der Waals surface area contributed by atoms with E-state index in [2.05, 4.69) is 22.7 Å². The lowest BCUT2D eigenvalue weighted by molar-refractivity contribution is 0.251. The lowest BCUT2D eigenvalue weighted by atomic mass is 9.93. The Labute approximate surface area is 108 Å². The molecule has 0 bridgehead atoms. The average molecular weight is 253 g/mol. The number of carbonyl (C=O) groups excluding carboxylic acids is 1. The third-order valence-electron chi connectivity index (χ3n) is 2.56. The van der Waals surface area contributed by atoms with Gasteiger partial charge in [0, 0.05) is 18.0 Å². The predicted molar refractivity (Wildman–Crippen MR) is 71.7 cm³/mol. The van der Waals surface area contributed by atoms with Crippen LogP contribution in [-0.2, 0) is 5.41 Å². The van der Waals surface area contributed by atoms with Crippen LogP contribution in [0, 0.1) is 0 Å². The number of nitrogens with one attached hydrogen (secondary N) is 2. The third-order valence-corrected chi connectivity index (χ3v) is 2.56. The Morgan fingerprint density at radius 1 is 1.39 bits per heavy atom. The van der Waals surface area contributed by atoms with Gasteiger partial charge in [0.1, 0.15) is 5.76 Å². The quantitative estimate of drug-likeness (QED) is 0.791. The van der Waals surface area contributed by atoms with Crippen molar-refractivity contribution in [2.24, 2.45) is 0 Å². The molecule has 0 radical (unpaired) electrons. The summed E-state index contributed by atoms with van der Waals surface area (Å²) >= 11 is 0. The van der Waals surface area contributed by atoms with Gasteiger partial charge in [0.25, 0.3) is 0 Å². The van der Waals surface area contributed by atoms with Gasteiger partial charge in [-0.3, -0.25) is 5.32 Å². The van der Waals surface area contributed by atoms with Crippen LogP contribution < -0.4 is 10.6 Å². The maximum Gasteiger partial charge on any atom is 0.320 e. The van der Waals surface area contributed by atoms with Crippen LogP contribution in [0.15, 0.2) is 10.6 Å². The SMILES string of the molecule is CCCCCNC(=O)Nc1cc(C(C)(C)C)on1. The van der Waals surface area contributed by atoms with Gasteiger partial charge < -0.3 is 9.84 Å². The Kier molecular flexibility index (Phi) is 5.19. The van der Waals surface area contributed by atoms with Gasteiger partial charge in [-0.05, 0) is 6.42 Å². The largest absolute Gasteiger partial charge is 0.359 e. The van der Waals surface area contributed by atoms with Crippen LogP contribution >= 0.6 is 0 Å². The van der Waals surface area contributed by atoms with Crippen molar-refractivity contribution in [1.82, 2.24) is 10.5 Å². The first-order valence-corrected chi connectivity index (χ1v) is 6.45. The number of carbonyl (C=O) groups is 1. The van der Waals surface area contributed by atoms with Gasteiger partial charge in [0.15, 0.2) is 5.82 Å². The average Bonchev–Trinajstić information content (AvgIpc) is 2.72. The number of nitrogens with zero attached hydrogens (tertiary/aromatic N) is 1. The Hall–Kier alpha value is -1.52. The second-order valence-electron chi connectivity index (χ2n) is 5.41. The molecule has 0 atom stereocenters. The van der Waals surface area contributed by atoms with Crippen LogP contribution in [0.3, 0.4) is 0 Å². The number of hydrogen-bond donors (Lipinski definition) is 2. The van der Waals surface area contributed by atoms with Crippen molar-refractivity contribution < 1.29 is 9.32 Å². The van der Waals surface area contributed by atoms with Gasteiger partial charge in [0.2, 0.25) is 0 Å². The molecule has 0 spiro atoms. The van der Waals surface area contributed by atoms with E-state index in [1.54, 1.807) is 6.07 Å². The first-order valence-electron chi connectivity index (χ1n) is 6.45. The Balaban J connectivity index is 2.38. The highest BCUT2D eigenvalue weighted by Crippen LogP contribution is 2.24. The second-order valence-corrected chi connectivity index (χ2v) is 5.41. The summed E-state index contributed by atoms with van der Waals surface area (Å²) in [4.78, 5) is 11.5. The molecule has 0 saturated carbocycles. The van der Waals surface area contributed by atoms with Gasteiger partial charge >= 0.3 is 6.03 Å². The van der Waals surface area contributed by atoms with Crippen LogP contribution in [0.25, 0.3) is 0 Å². The van der Waals surface area contributed by atoms with Crippen molar-refractivity contribution >= 4 is 11.8 Å². The van der Waals surface area contributed by atoms with Crippen molar-refractivity contribution in [3.63, 3.8) is 0 Å². The van der Waals surface area contributed by atoms with E-state index in [1.165, 1.54) is 0 Å². The zero-order valence-electron chi connectivity index (χ0n) is 11.7. The molecule has 5 heteroatoms. The van der Waals surface area contributed by atoms with Crippen molar-refractivity contribution in [3.05, 3.63) is 11.8 Å². The van der Waals surface area contributed by atoms with Crippen LogP contribution in [0.4, 0.5) is 10.6 Å². The summed E-state index contributed by atoms with van der Waals surface area (Å²) in [6.07, 6.45) is 3.26. The first-order chi connectivity index (χ1) is 8.43. The minimum atomic E-state index is -0.236. The summed E-state index contributed by atoms with van der Waals surface area (Å²) in [7, 11) is 0. The number of anilines is 1. The summed E-state index contributed by atoms with van der Waals surface area (Å²) in [6.45, 7) is 8.90. The summed E-state index contributed by atoms with van der Waals surface area (Å²) in [6, 6.07) is 1.52. The van der Waals surface area contributed by atoms with E-state index in [4.69, 9.17) is 4.52 Å². The highest BCUT2D eigenvalue weighted by Gasteiger charge is 2.20. The first kappa shape index (κ1) is 14.5. The van der Waals surface area contributed by atoms with Crippen molar-refractivity contribution in [3.8, 4) is 0 Å². The Morgan fingerprint density at radius 2 is 2.11 bits per heavy atom. The van der Waals surface area contributed by atoms with Crippen LogP contribution in [-0.4, -0.2) is 17.7 Å². The number of urea groups is 1. The minimum Gasteiger partial charge on any atom is -0.359 e. The van der Waals surface area contributed by atoms with E-state index in [1.807, 2.05) is 20.8 Å². The third kappa shape index (κ3) is 4.77. The highest BCUT2D eigenvalue weighted by molar-refractivity contribution is 5.88. The molecular formula is C13H23N3O2. The molecule has 0 aliphatic carbocycles. The van der Waals surface area contributed by atoms with Gasteiger partial charge in [0.05, 0.1) is 0 Å². The molecule has 2 N–H and O–H groups in total. The molecule has 0 aliphatic heterocycles. The van der Waals surface area contributed by atoms with Gasteiger partial charge in [-0.25, -0.2) is 4.79 Å². The van der Waals surface area contributed by atoms with Crippen molar-refractivity contribution in [2.75, 3.05) is 11.9 Å². The lowest BCUT2D eigenvalue weighted by Gasteiger charge is -2.12. The van der Waals surface area contributed by atoms with Crippen molar-refractivity contribution in [2.45, 2.75) is 52.4 Å². The minimum absolute atomic E-state index is 0.107. The summed E-state index contributed by atoms with van der Waals surface area (Å²) in [5.41, 5.74) is -0.107. The van der Waals surface area contributed by atoms with E-state index in [0.29, 0.717) is 12.4 Å². The number of unbranched alkanes of at least 4 members (excludes halogenated alkanes) is 2. The normalized spacial score (nSPS) is 11.3. The Morgan fingerprint density at radius 3 is 2.67 bits per heavy atom. The fraction of sp³-hybridized carbons (Fsp3) is 0.692. The number of amides is 2. The fourth-order valence-corrected chi connectivity index (χ4v) is 1.43. The molecule has 18 heavy (non-hydrogen) atoms. The lowest BCUT2D eigenvalue weighted by Crippen LogP contribution is -2.29. The molecule has 0 saturated heterocycles. The molecule has 1 aromatic rings. The van der Waals surface area contributed by atoms with Crippen molar-refractivity contribution in [1.29, 1.82) is 0 Å². The number of rotatable bonds is 5. The van der Waals surface area contributed by atoms with Gasteiger partial charge in [-0.2, -0.15) is 0 Å². The number of aromatic nitrogens is 1. The van der Waals surface area contributed by atoms with E-state index in [-0.39, 0.29) is 11.4 Å². The van der Waals surface area contributed by atoms with E-state index >= 15 is 0 Å². The zero-order chi connectivity index (χ0) is 13.6. The predicted octanol–water partition coefficient (Wildman–Crippen LogP) is 3.28. The molecule has 1 rings (SSSR count). The molecule has 2 amide bonds. The maximum absolute atomic E-state index is 11.5. The molecule has 0 aromatic carbocycles. The van der Waals surface area contributed by atoms with E-state index < -0.39 is 0 Å². The monoisotopic (exact) mass is 253 g/mol. The number of hydrogen-bond acceptors (Lipinski definition) is 3. The highest BCUT2D eigenvalue weighted by atomic mass is 16.5. The molecule has 1 aromatic heterocycles. The van der Waals surface area contributed by atoms with Gasteiger partial charge in [-0.1, -0.05) is 45.7 Å². The molecule has 0 fully saturated rings. The smallest absolute Gasteiger partial charge is 0.320 e. The molecule has 0 unspecified atom stereocenters. The topological polar surface area (TPSA) is 67.2 Å². The van der Waals surface area contributed by atoms with Gasteiger partial charge in [-0.15, -0.1) is 0 Å². The zero-order valence-corrected chi connectivity index (χ0v) is 11.7. The molecule has 5 nitrogen and oxygen atoms in total. The Bertz CT molecular complexity index is 380. The van der Waals surface area contributed by atoms with Crippen LogP contribution in [0.1, 0.15) is 52.7 Å². The molecular weight excluding hydrogens is 230 g/mol. The molecule has 0 aliphatic rings. The summed E-state index contributed by atoms with van der Waals surface area (Å²) in [5, 5.41) is 9.26. The van der Waals surface area contributed by atoms with Crippen LogP contribution in [0.5, 0.6) is 0 Å². The van der Waals surface area contributed by atoms with E-state index in [9.17, 15) is 4.79 Å². The second kappa shape index (κ2) is 6.42. The fourth-order valence-electron chi connectivity index (χ4n) is 1.43.